The topological polar surface area (TPSA) is 126 Å². The lowest BCUT2D eigenvalue weighted by molar-refractivity contribution is -0.158. The van der Waals surface area contributed by atoms with E-state index in [0.717, 1.165) is 9.13 Å². The molecule has 2 saturated heterocycles. The maximum absolute atomic E-state index is 12.4. The van der Waals surface area contributed by atoms with Crippen molar-refractivity contribution in [3.63, 3.8) is 0 Å². The number of aliphatic hydroxyl groups excluding tert-OH is 1. The minimum atomic E-state index is -1.32. The van der Waals surface area contributed by atoms with Crippen molar-refractivity contribution in [3.8, 4) is 0 Å². The number of nitrogens with zero attached hydrogens (tertiary/aromatic N) is 4. The van der Waals surface area contributed by atoms with E-state index in [-0.39, 0.29) is 12.5 Å². The molecule has 1 aromatic carbocycles. The normalized spacial score (nSPS) is 27.5. The molecule has 0 saturated carbocycles. The number of amides is 1. The Bertz CT molecular complexity index is 1120. The lowest BCUT2D eigenvalue weighted by Crippen LogP contribution is -2.54. The van der Waals surface area contributed by atoms with Crippen molar-refractivity contribution in [2.45, 2.75) is 30.5 Å². The van der Waals surface area contributed by atoms with E-state index < -0.39 is 24.0 Å². The quantitative estimate of drug-likeness (QED) is 0.356. The Morgan fingerprint density at radius 2 is 2.30 bits per heavy atom. The molecule has 1 unspecified atom stereocenters. The van der Waals surface area contributed by atoms with Gasteiger partial charge in [-0.25, -0.2) is 15.0 Å². The lowest BCUT2D eigenvalue weighted by atomic mass is 9.98. The highest BCUT2D eigenvalue weighted by Gasteiger charge is 2.64. The first-order chi connectivity index (χ1) is 14.5. The zero-order valence-corrected chi connectivity index (χ0v) is 18.2. The number of rotatable bonds is 5. The van der Waals surface area contributed by atoms with E-state index in [2.05, 4.69) is 59.6 Å². The number of ether oxygens (including phenoxy) is 1. The number of likely N-dealkylation sites (N-methyl/N-ethyl adjacent to an activating group) is 1. The lowest BCUT2D eigenvalue weighted by Gasteiger charge is -2.30. The van der Waals surface area contributed by atoms with E-state index >= 15 is 0 Å². The third kappa shape index (κ3) is 2.95. The standard InChI is InChI=1S/C19H20IN7O3/c1-21-18(29)19-7-23-12(14(19)28)17(30-19)27-9-26-13-15(24-8-25-16(13)27)22-6-10-3-2-4-11(20)5-10/h2-5,8-9,12,14,17,23,28H,6-7H2,1H3,(H,21,29)(H,22,24,25)/t12-,14?,17-,19-/m1/s1. The molecule has 2 fully saturated rings. The number of nitrogens with one attached hydrogen (secondary N) is 3. The second-order valence-electron chi connectivity index (χ2n) is 7.36. The molecule has 2 aliphatic rings. The van der Waals surface area contributed by atoms with Crippen LogP contribution in [0.1, 0.15) is 11.8 Å². The number of hydrogen-bond acceptors (Lipinski definition) is 8. The van der Waals surface area contributed by atoms with Crippen LogP contribution in [0.15, 0.2) is 36.9 Å². The Balaban J connectivity index is 1.44. The minimum absolute atomic E-state index is 0.249. The van der Waals surface area contributed by atoms with Crippen molar-refractivity contribution in [1.29, 1.82) is 0 Å². The molecule has 4 heterocycles. The number of halogens is 1. The van der Waals surface area contributed by atoms with E-state index in [9.17, 15) is 9.90 Å². The monoisotopic (exact) mass is 521 g/mol. The van der Waals surface area contributed by atoms with Crippen molar-refractivity contribution in [3.05, 3.63) is 46.1 Å². The number of anilines is 1. The number of aliphatic hydroxyl groups is 1. The first-order valence-corrected chi connectivity index (χ1v) is 10.6. The van der Waals surface area contributed by atoms with Crippen LogP contribution in [0.2, 0.25) is 0 Å². The zero-order chi connectivity index (χ0) is 20.9. The van der Waals surface area contributed by atoms with Crippen LogP contribution >= 0.6 is 22.6 Å². The van der Waals surface area contributed by atoms with Gasteiger partial charge in [0, 0.05) is 23.7 Å². The summed E-state index contributed by atoms with van der Waals surface area (Å²) < 4.78 is 8.96. The van der Waals surface area contributed by atoms with Crippen LogP contribution in [0, 0.1) is 3.57 Å². The number of carbonyl (C=O) groups excluding carboxylic acids is 1. The molecule has 11 heteroatoms. The molecule has 4 atom stereocenters. The van der Waals surface area contributed by atoms with Gasteiger partial charge < -0.3 is 25.8 Å². The molecular weight excluding hydrogens is 501 g/mol. The van der Waals surface area contributed by atoms with Gasteiger partial charge in [-0.2, -0.15) is 0 Å². The molecule has 2 bridgehead atoms. The Morgan fingerprint density at radius 3 is 3.10 bits per heavy atom. The second-order valence-corrected chi connectivity index (χ2v) is 8.60. The molecular formula is C19H20IN7O3. The molecule has 0 aliphatic carbocycles. The van der Waals surface area contributed by atoms with Gasteiger partial charge in [0.1, 0.15) is 12.4 Å². The number of morpholine rings is 1. The van der Waals surface area contributed by atoms with E-state index in [0.29, 0.717) is 23.5 Å². The average Bonchev–Trinajstić information content (AvgIpc) is 3.42. The van der Waals surface area contributed by atoms with Crippen molar-refractivity contribution in [1.82, 2.24) is 30.2 Å². The van der Waals surface area contributed by atoms with Gasteiger partial charge in [-0.1, -0.05) is 12.1 Å². The number of hydrogen-bond donors (Lipinski definition) is 4. The predicted octanol–water partition coefficient (Wildman–Crippen LogP) is 0.389. The predicted molar refractivity (Wildman–Crippen MR) is 117 cm³/mol. The summed E-state index contributed by atoms with van der Waals surface area (Å²) in [6.45, 7) is 0.845. The van der Waals surface area contributed by atoms with Gasteiger partial charge >= 0.3 is 0 Å². The first-order valence-electron chi connectivity index (χ1n) is 9.51. The fourth-order valence-electron chi connectivity index (χ4n) is 4.14. The summed E-state index contributed by atoms with van der Waals surface area (Å²) in [5.41, 5.74) is 0.968. The van der Waals surface area contributed by atoms with Crippen LogP contribution in [-0.4, -0.2) is 61.9 Å². The first kappa shape index (κ1) is 19.6. The van der Waals surface area contributed by atoms with Crippen LogP contribution in [0.3, 0.4) is 0 Å². The Kier molecular flexibility index (Phi) is 4.84. The van der Waals surface area contributed by atoms with E-state index in [1.807, 2.05) is 18.2 Å². The molecule has 1 amide bonds. The van der Waals surface area contributed by atoms with Crippen molar-refractivity contribution in [2.75, 3.05) is 18.9 Å². The summed E-state index contributed by atoms with van der Waals surface area (Å²) in [5, 5.41) is 19.8. The smallest absolute Gasteiger partial charge is 0.256 e. The molecule has 2 aromatic heterocycles. The van der Waals surface area contributed by atoms with Gasteiger partial charge in [-0.05, 0) is 40.3 Å². The number of carbonyl (C=O) groups is 1. The Hall–Kier alpha value is -2.35. The summed E-state index contributed by atoms with van der Waals surface area (Å²) >= 11 is 2.28. The number of imidazole rings is 1. The van der Waals surface area contributed by atoms with Gasteiger partial charge in [-0.15, -0.1) is 0 Å². The van der Waals surface area contributed by atoms with Gasteiger partial charge in [0.05, 0.1) is 12.4 Å². The van der Waals surface area contributed by atoms with Gasteiger partial charge in [0.25, 0.3) is 5.91 Å². The second kappa shape index (κ2) is 7.41. The number of aromatic nitrogens is 4. The highest BCUT2D eigenvalue weighted by Crippen LogP contribution is 2.42. The highest BCUT2D eigenvalue weighted by atomic mass is 127. The van der Waals surface area contributed by atoms with Gasteiger partial charge in [0.2, 0.25) is 0 Å². The van der Waals surface area contributed by atoms with Crippen LogP contribution in [0.5, 0.6) is 0 Å². The minimum Gasteiger partial charge on any atom is -0.388 e. The molecule has 0 radical (unpaired) electrons. The Morgan fingerprint density at radius 1 is 1.43 bits per heavy atom. The van der Waals surface area contributed by atoms with E-state index in [1.54, 1.807) is 10.9 Å². The van der Waals surface area contributed by atoms with Crippen LogP contribution in [0.25, 0.3) is 11.2 Å². The highest BCUT2D eigenvalue weighted by molar-refractivity contribution is 14.1. The van der Waals surface area contributed by atoms with Crippen molar-refractivity contribution < 1.29 is 14.6 Å². The molecule has 0 spiro atoms. The van der Waals surface area contributed by atoms with Crippen LogP contribution in [0.4, 0.5) is 5.82 Å². The molecule has 5 rings (SSSR count). The fraction of sp³-hybridized carbons (Fsp3) is 0.368. The summed E-state index contributed by atoms with van der Waals surface area (Å²) in [4.78, 5) is 25.6. The van der Waals surface area contributed by atoms with Gasteiger partial charge in [0.15, 0.2) is 28.8 Å². The third-order valence-electron chi connectivity index (χ3n) is 5.65. The maximum atomic E-state index is 12.4. The molecule has 4 N–H and O–H groups in total. The van der Waals surface area contributed by atoms with Gasteiger partial charge in [-0.3, -0.25) is 9.36 Å². The molecule has 2 aliphatic heterocycles. The maximum Gasteiger partial charge on any atom is 0.256 e. The summed E-state index contributed by atoms with van der Waals surface area (Å²) in [7, 11) is 1.53. The zero-order valence-electron chi connectivity index (χ0n) is 16.0. The van der Waals surface area contributed by atoms with Crippen LogP contribution in [-0.2, 0) is 16.1 Å². The Labute approximate surface area is 185 Å². The van der Waals surface area contributed by atoms with E-state index in [1.165, 1.54) is 13.4 Å². The number of fused-ring (bicyclic) bond motifs is 3. The summed E-state index contributed by atoms with van der Waals surface area (Å²) in [5.74, 6) is 0.252. The van der Waals surface area contributed by atoms with Crippen molar-refractivity contribution in [2.24, 2.45) is 0 Å². The fourth-order valence-corrected chi connectivity index (χ4v) is 4.75. The molecule has 156 valence electrons. The van der Waals surface area contributed by atoms with E-state index in [4.69, 9.17) is 4.74 Å². The molecule has 30 heavy (non-hydrogen) atoms. The molecule has 10 nitrogen and oxygen atoms in total. The molecule has 3 aromatic rings. The largest absolute Gasteiger partial charge is 0.388 e. The SMILES string of the molecule is CNC(=O)[C@@]12CN[C@H](C1O)[C@H](n1cnc3c(NCc4cccc(I)c4)ncnc31)O2. The summed E-state index contributed by atoms with van der Waals surface area (Å²) in [6, 6.07) is 7.74. The van der Waals surface area contributed by atoms with Crippen molar-refractivity contribution >= 4 is 45.5 Å². The average molecular weight is 521 g/mol. The van der Waals surface area contributed by atoms with Crippen LogP contribution < -0.4 is 16.0 Å². The third-order valence-corrected chi connectivity index (χ3v) is 6.32. The number of benzene rings is 1. The summed E-state index contributed by atoms with van der Waals surface area (Å²) in [6.07, 6.45) is 1.48.